The van der Waals surface area contributed by atoms with Gasteiger partial charge in [0.2, 0.25) is 0 Å². The number of hydrogen-bond acceptors (Lipinski definition) is 3. The Hall–Kier alpha value is -0.510. The number of thiophene rings is 1. The zero-order valence-corrected chi connectivity index (χ0v) is 16.4. The molecule has 0 radical (unpaired) electrons. The summed E-state index contributed by atoms with van der Waals surface area (Å²) in [5, 5.41) is 13.9. The van der Waals surface area contributed by atoms with E-state index in [1.54, 1.807) is 11.3 Å². The van der Waals surface area contributed by atoms with Gasteiger partial charge in [0.05, 0.1) is 16.5 Å². The molecule has 0 bridgehead atoms. The van der Waals surface area contributed by atoms with Gasteiger partial charge in [-0.15, -0.1) is 11.3 Å². The van der Waals surface area contributed by atoms with Gasteiger partial charge in [0.15, 0.2) is 5.76 Å². The van der Waals surface area contributed by atoms with E-state index in [1.807, 2.05) is 24.4 Å². The highest BCUT2D eigenvalue weighted by molar-refractivity contribution is 7.11. The lowest BCUT2D eigenvalue weighted by molar-refractivity contribution is 0.0594. The van der Waals surface area contributed by atoms with Crippen LogP contribution in [0.5, 0.6) is 0 Å². The van der Waals surface area contributed by atoms with Crippen LogP contribution in [0.2, 0.25) is 0 Å². The summed E-state index contributed by atoms with van der Waals surface area (Å²) in [6.45, 7) is 2.52. The summed E-state index contributed by atoms with van der Waals surface area (Å²) >= 11 is 8.35. The Morgan fingerprint density at radius 1 is 1.08 bits per heavy atom. The Morgan fingerprint density at radius 2 is 1.62 bits per heavy atom. The molecular formula is C20H31ClO2S. The van der Waals surface area contributed by atoms with Crippen LogP contribution in [0, 0.1) is 0 Å². The number of halogens is 1. The molecule has 0 aromatic carbocycles. The number of ether oxygens (including phenoxy) is 1. The van der Waals surface area contributed by atoms with Crippen LogP contribution < -0.4 is 0 Å². The van der Waals surface area contributed by atoms with Crippen LogP contribution in [-0.4, -0.2) is 17.3 Å². The van der Waals surface area contributed by atoms with Crippen molar-refractivity contribution >= 4 is 28.7 Å². The molecule has 4 heteroatoms. The SMILES string of the molecule is CCO/C(=C(/Cl)C1(O)CCCCCCCCCCC1)c1cccs1. The first kappa shape index (κ1) is 19.8. The third kappa shape index (κ3) is 5.79. The second-order valence-electron chi connectivity index (χ2n) is 6.77. The molecule has 0 amide bonds. The Morgan fingerprint density at radius 3 is 2.08 bits per heavy atom. The van der Waals surface area contributed by atoms with Crippen molar-refractivity contribution in [3.05, 3.63) is 27.4 Å². The molecule has 0 unspecified atom stereocenters. The molecule has 1 aromatic heterocycles. The molecule has 1 fully saturated rings. The van der Waals surface area contributed by atoms with Crippen molar-refractivity contribution in [2.24, 2.45) is 0 Å². The Bertz CT molecular complexity index is 484. The maximum atomic E-state index is 11.4. The smallest absolute Gasteiger partial charge is 0.153 e. The van der Waals surface area contributed by atoms with Crippen molar-refractivity contribution < 1.29 is 9.84 Å². The molecule has 2 rings (SSSR count). The monoisotopic (exact) mass is 370 g/mol. The first-order chi connectivity index (χ1) is 11.7. The van der Waals surface area contributed by atoms with E-state index in [0.717, 1.165) is 30.6 Å². The van der Waals surface area contributed by atoms with Crippen molar-refractivity contribution in [3.63, 3.8) is 0 Å². The fraction of sp³-hybridized carbons (Fsp3) is 0.700. The Labute approximate surface area is 155 Å². The van der Waals surface area contributed by atoms with E-state index in [-0.39, 0.29) is 0 Å². The van der Waals surface area contributed by atoms with E-state index < -0.39 is 5.60 Å². The van der Waals surface area contributed by atoms with Crippen molar-refractivity contribution in [3.8, 4) is 0 Å². The minimum atomic E-state index is -0.949. The first-order valence-corrected chi connectivity index (χ1v) is 10.7. The van der Waals surface area contributed by atoms with E-state index >= 15 is 0 Å². The van der Waals surface area contributed by atoms with Crippen molar-refractivity contribution in [2.45, 2.75) is 83.2 Å². The first-order valence-electron chi connectivity index (χ1n) is 9.46. The summed E-state index contributed by atoms with van der Waals surface area (Å²) in [5.41, 5.74) is -0.949. The van der Waals surface area contributed by atoms with Gasteiger partial charge in [-0.1, -0.05) is 75.5 Å². The van der Waals surface area contributed by atoms with Gasteiger partial charge < -0.3 is 9.84 Å². The second-order valence-corrected chi connectivity index (χ2v) is 8.09. The van der Waals surface area contributed by atoms with Gasteiger partial charge in [-0.2, -0.15) is 0 Å². The lowest BCUT2D eigenvalue weighted by Crippen LogP contribution is -2.30. The van der Waals surface area contributed by atoms with E-state index in [2.05, 4.69) is 0 Å². The third-order valence-corrected chi connectivity index (χ3v) is 6.21. The summed E-state index contributed by atoms with van der Waals surface area (Å²) in [6, 6.07) is 4.00. The summed E-state index contributed by atoms with van der Waals surface area (Å²) in [6.07, 6.45) is 12.4. The molecule has 0 saturated heterocycles. The van der Waals surface area contributed by atoms with Crippen LogP contribution in [0.1, 0.15) is 82.4 Å². The molecule has 0 spiro atoms. The van der Waals surface area contributed by atoms with Crippen molar-refractivity contribution in [1.29, 1.82) is 0 Å². The maximum absolute atomic E-state index is 11.4. The molecule has 1 saturated carbocycles. The highest BCUT2D eigenvalue weighted by Crippen LogP contribution is 2.39. The molecule has 136 valence electrons. The summed E-state index contributed by atoms with van der Waals surface area (Å²) < 4.78 is 5.84. The molecular weight excluding hydrogens is 340 g/mol. The number of aliphatic hydroxyl groups is 1. The van der Waals surface area contributed by atoms with Gasteiger partial charge in [-0.3, -0.25) is 0 Å². The van der Waals surface area contributed by atoms with Crippen LogP contribution in [0.15, 0.2) is 22.5 Å². The molecule has 1 aliphatic rings. The van der Waals surface area contributed by atoms with Crippen LogP contribution in [-0.2, 0) is 4.74 Å². The fourth-order valence-corrected chi connectivity index (χ4v) is 4.55. The molecule has 24 heavy (non-hydrogen) atoms. The predicted molar refractivity (Wildman–Crippen MR) is 104 cm³/mol. The topological polar surface area (TPSA) is 29.5 Å². The molecule has 1 N–H and O–H groups in total. The summed E-state index contributed by atoms with van der Waals surface area (Å²) in [4.78, 5) is 1.00. The van der Waals surface area contributed by atoms with Crippen LogP contribution in [0.4, 0.5) is 0 Å². The van der Waals surface area contributed by atoms with Gasteiger partial charge in [0.1, 0.15) is 5.60 Å². The highest BCUT2D eigenvalue weighted by atomic mass is 35.5. The van der Waals surface area contributed by atoms with Crippen LogP contribution >= 0.6 is 22.9 Å². The van der Waals surface area contributed by atoms with E-state index in [9.17, 15) is 5.11 Å². The zero-order valence-electron chi connectivity index (χ0n) is 14.9. The van der Waals surface area contributed by atoms with Crippen molar-refractivity contribution in [2.75, 3.05) is 6.61 Å². The van der Waals surface area contributed by atoms with Gasteiger partial charge in [-0.05, 0) is 31.2 Å². The average molecular weight is 371 g/mol. The van der Waals surface area contributed by atoms with Gasteiger partial charge >= 0.3 is 0 Å². The van der Waals surface area contributed by atoms with E-state index in [1.165, 1.54) is 44.9 Å². The summed E-state index contributed by atoms with van der Waals surface area (Å²) in [5.74, 6) is 0.670. The molecule has 1 aliphatic carbocycles. The van der Waals surface area contributed by atoms with Gasteiger partial charge in [-0.25, -0.2) is 0 Å². The molecule has 2 nitrogen and oxygen atoms in total. The van der Waals surface area contributed by atoms with Crippen LogP contribution in [0.3, 0.4) is 0 Å². The van der Waals surface area contributed by atoms with Gasteiger partial charge in [0, 0.05) is 0 Å². The average Bonchev–Trinajstić information content (AvgIpc) is 3.09. The maximum Gasteiger partial charge on any atom is 0.153 e. The number of rotatable bonds is 4. The molecule has 0 aliphatic heterocycles. The summed E-state index contributed by atoms with van der Waals surface area (Å²) in [7, 11) is 0. The highest BCUT2D eigenvalue weighted by Gasteiger charge is 2.33. The minimum Gasteiger partial charge on any atom is -0.491 e. The lowest BCUT2D eigenvalue weighted by Gasteiger charge is -2.30. The fourth-order valence-electron chi connectivity index (χ4n) is 3.42. The standard InChI is InChI=1S/C20H31ClO2S/c1-2-23-18(17-13-12-16-24-17)19(21)20(22)14-10-8-6-4-3-5-7-9-11-15-20/h12-13,16,22H,2-11,14-15H2,1H3/b19-18+. The van der Waals surface area contributed by atoms with Gasteiger partial charge in [0.25, 0.3) is 0 Å². The number of hydrogen-bond donors (Lipinski definition) is 1. The molecule has 0 atom stereocenters. The van der Waals surface area contributed by atoms with E-state index in [4.69, 9.17) is 16.3 Å². The third-order valence-electron chi connectivity index (χ3n) is 4.82. The lowest BCUT2D eigenvalue weighted by atomic mass is 9.87. The normalized spacial score (nSPS) is 21.3. The largest absolute Gasteiger partial charge is 0.491 e. The Balaban J connectivity index is 2.21. The van der Waals surface area contributed by atoms with Crippen molar-refractivity contribution in [1.82, 2.24) is 0 Å². The van der Waals surface area contributed by atoms with E-state index in [0.29, 0.717) is 17.4 Å². The molecule has 1 heterocycles. The minimum absolute atomic E-state index is 0.504. The second kappa shape index (κ2) is 10.5. The van der Waals surface area contributed by atoms with Crippen LogP contribution in [0.25, 0.3) is 5.76 Å². The quantitative estimate of drug-likeness (QED) is 0.595. The zero-order chi connectivity index (χ0) is 17.3. The molecule has 1 aromatic rings. The predicted octanol–water partition coefficient (Wildman–Crippen LogP) is 6.73. The Kier molecular flexibility index (Phi) is 8.65.